The lowest BCUT2D eigenvalue weighted by atomic mass is 9.96. The van der Waals surface area contributed by atoms with E-state index in [0.717, 1.165) is 62.0 Å². The lowest BCUT2D eigenvalue weighted by molar-refractivity contribution is -0.141. The molecule has 0 bridgehead atoms. The van der Waals surface area contributed by atoms with Gasteiger partial charge < -0.3 is 9.47 Å². The highest BCUT2D eigenvalue weighted by atomic mass is 32.2. The zero-order valence-corrected chi connectivity index (χ0v) is 20.1. The molecule has 3 aromatic rings. The number of likely N-dealkylation sites (tertiary alicyclic amines) is 1. The van der Waals surface area contributed by atoms with E-state index in [-0.39, 0.29) is 5.41 Å². The number of pyridine rings is 1. The van der Waals surface area contributed by atoms with E-state index >= 15 is 0 Å². The van der Waals surface area contributed by atoms with E-state index < -0.39 is 23.6 Å². The van der Waals surface area contributed by atoms with Gasteiger partial charge in [-0.05, 0) is 49.1 Å². The van der Waals surface area contributed by atoms with Gasteiger partial charge in [-0.15, -0.1) is 10.2 Å². The van der Waals surface area contributed by atoms with Crippen LogP contribution < -0.4 is 0 Å². The SMILES string of the molecule is Cn1c(SCCCN2CC3CC3(c3ccc(C(F)(F)F)nc3)C2)nnc1-c1ccc(C(F)(F)F)cc1. The third kappa shape index (κ3) is 4.84. The van der Waals surface area contributed by atoms with Gasteiger partial charge >= 0.3 is 12.4 Å². The normalized spacial score (nSPS) is 22.1. The number of nitrogens with zero attached hydrogens (tertiary/aromatic N) is 5. The molecule has 2 atom stereocenters. The highest BCUT2D eigenvalue weighted by molar-refractivity contribution is 7.99. The molecular weight excluding hydrogens is 504 g/mol. The van der Waals surface area contributed by atoms with Crippen molar-refractivity contribution in [1.82, 2.24) is 24.6 Å². The maximum atomic E-state index is 12.8. The topological polar surface area (TPSA) is 46.8 Å². The van der Waals surface area contributed by atoms with E-state index in [0.29, 0.717) is 22.5 Å². The maximum Gasteiger partial charge on any atom is 0.433 e. The molecule has 5 nitrogen and oxygen atoms in total. The van der Waals surface area contributed by atoms with Crippen LogP contribution in [-0.4, -0.2) is 50.0 Å². The Bertz CT molecular complexity index is 1220. The van der Waals surface area contributed by atoms with E-state index in [4.69, 9.17) is 0 Å². The van der Waals surface area contributed by atoms with Gasteiger partial charge in [0.25, 0.3) is 0 Å². The Morgan fingerprint density at radius 2 is 1.75 bits per heavy atom. The number of aromatic nitrogens is 4. The fourth-order valence-corrected chi connectivity index (χ4v) is 5.85. The summed E-state index contributed by atoms with van der Waals surface area (Å²) in [5.74, 6) is 1.74. The average Bonchev–Trinajstić information content (AvgIpc) is 3.20. The number of halogens is 6. The van der Waals surface area contributed by atoms with Crippen molar-refractivity contribution in [3.63, 3.8) is 0 Å². The van der Waals surface area contributed by atoms with Gasteiger partial charge in [-0.2, -0.15) is 26.3 Å². The van der Waals surface area contributed by atoms with Gasteiger partial charge in [-0.1, -0.05) is 30.0 Å². The predicted octanol–water partition coefficient (Wildman–Crippen LogP) is 5.67. The van der Waals surface area contributed by atoms with Crippen LogP contribution in [0, 0.1) is 5.92 Å². The molecule has 1 aromatic carbocycles. The summed E-state index contributed by atoms with van der Waals surface area (Å²) in [6.07, 6.45) is -5.56. The van der Waals surface area contributed by atoms with Crippen LogP contribution in [0.2, 0.25) is 0 Å². The number of fused-ring (bicyclic) bond motifs is 1. The van der Waals surface area contributed by atoms with Crippen LogP contribution in [0.25, 0.3) is 11.4 Å². The summed E-state index contributed by atoms with van der Waals surface area (Å²) in [5, 5.41) is 9.00. The van der Waals surface area contributed by atoms with Crippen molar-refractivity contribution in [3.8, 4) is 11.4 Å². The van der Waals surface area contributed by atoms with Crippen LogP contribution >= 0.6 is 11.8 Å². The van der Waals surface area contributed by atoms with E-state index in [1.54, 1.807) is 17.7 Å². The van der Waals surface area contributed by atoms with Crippen molar-refractivity contribution in [2.24, 2.45) is 13.0 Å². The summed E-state index contributed by atoms with van der Waals surface area (Å²) < 4.78 is 78.6. The lowest BCUT2D eigenvalue weighted by Crippen LogP contribution is -2.28. The van der Waals surface area contributed by atoms with Crippen molar-refractivity contribution in [3.05, 3.63) is 59.4 Å². The van der Waals surface area contributed by atoms with Crippen LogP contribution in [0.4, 0.5) is 26.3 Å². The first-order valence-corrected chi connectivity index (χ1v) is 12.4. The van der Waals surface area contributed by atoms with Crippen LogP contribution in [0.5, 0.6) is 0 Å². The number of hydrogen-bond acceptors (Lipinski definition) is 5. The summed E-state index contributed by atoms with van der Waals surface area (Å²) in [5.41, 5.74) is -0.211. The van der Waals surface area contributed by atoms with Crippen LogP contribution in [0.3, 0.4) is 0 Å². The third-order valence-corrected chi connectivity index (χ3v) is 8.11. The van der Waals surface area contributed by atoms with Crippen molar-refractivity contribution >= 4 is 11.8 Å². The van der Waals surface area contributed by atoms with Gasteiger partial charge in [-0.3, -0.25) is 4.98 Å². The van der Waals surface area contributed by atoms with Crippen molar-refractivity contribution < 1.29 is 26.3 Å². The first-order valence-electron chi connectivity index (χ1n) is 11.4. The molecule has 12 heteroatoms. The average molecular weight is 528 g/mol. The molecule has 2 fully saturated rings. The molecular formula is C24H23F6N5S. The molecule has 3 heterocycles. The fourth-order valence-electron chi connectivity index (χ4n) is 5.01. The minimum atomic E-state index is -4.43. The molecule has 0 amide bonds. The van der Waals surface area contributed by atoms with E-state index in [9.17, 15) is 26.3 Å². The van der Waals surface area contributed by atoms with Crippen LogP contribution in [-0.2, 0) is 24.8 Å². The summed E-state index contributed by atoms with van der Waals surface area (Å²) in [6.45, 7) is 2.61. The van der Waals surface area contributed by atoms with Gasteiger partial charge in [0.2, 0.25) is 0 Å². The Morgan fingerprint density at radius 3 is 2.39 bits per heavy atom. The van der Waals surface area contributed by atoms with Gasteiger partial charge in [0, 0.05) is 43.1 Å². The Kier molecular flexibility index (Phi) is 6.30. The molecule has 1 saturated carbocycles. The second kappa shape index (κ2) is 9.05. The first-order chi connectivity index (χ1) is 17.0. The zero-order valence-electron chi connectivity index (χ0n) is 19.3. The molecule has 36 heavy (non-hydrogen) atoms. The largest absolute Gasteiger partial charge is 0.433 e. The molecule has 1 aliphatic carbocycles. The minimum Gasteiger partial charge on any atom is -0.305 e. The van der Waals surface area contributed by atoms with Gasteiger partial charge in [0.15, 0.2) is 11.0 Å². The Morgan fingerprint density at radius 1 is 1.00 bits per heavy atom. The number of alkyl halides is 6. The second-order valence-electron chi connectivity index (χ2n) is 9.36. The highest BCUT2D eigenvalue weighted by Gasteiger charge is 2.60. The van der Waals surface area contributed by atoms with Crippen LogP contribution in [0.1, 0.15) is 29.7 Å². The molecule has 1 aliphatic heterocycles. The summed E-state index contributed by atoms with van der Waals surface area (Å²) >= 11 is 1.53. The predicted molar refractivity (Wildman–Crippen MR) is 122 cm³/mol. The maximum absolute atomic E-state index is 12.8. The standard InChI is InChI=1S/C24H23F6N5S/c1-34-20(15-3-5-16(6-4-15)23(25,26)27)32-33-21(34)36-10-2-9-35-13-18-11-22(18,14-35)17-7-8-19(31-12-17)24(28,29)30/h3-8,12,18H,2,9-11,13-14H2,1H3. The number of thioether (sulfide) groups is 1. The summed E-state index contributed by atoms with van der Waals surface area (Å²) in [4.78, 5) is 5.98. The quantitative estimate of drug-likeness (QED) is 0.225. The van der Waals surface area contributed by atoms with E-state index in [2.05, 4.69) is 20.1 Å². The molecule has 2 unspecified atom stereocenters. The van der Waals surface area contributed by atoms with Gasteiger partial charge in [0.05, 0.1) is 5.56 Å². The molecule has 0 spiro atoms. The molecule has 192 valence electrons. The van der Waals surface area contributed by atoms with E-state index in [1.165, 1.54) is 30.1 Å². The highest BCUT2D eigenvalue weighted by Crippen LogP contribution is 2.59. The monoisotopic (exact) mass is 527 g/mol. The van der Waals surface area contributed by atoms with E-state index in [1.807, 2.05) is 0 Å². The Balaban J connectivity index is 1.12. The second-order valence-corrected chi connectivity index (χ2v) is 10.4. The Hall–Kier alpha value is -2.60. The van der Waals surface area contributed by atoms with Crippen molar-refractivity contribution in [2.75, 3.05) is 25.4 Å². The Labute approximate surface area is 207 Å². The minimum absolute atomic E-state index is 0.0789. The van der Waals surface area contributed by atoms with Crippen molar-refractivity contribution in [1.29, 1.82) is 0 Å². The molecule has 0 N–H and O–H groups in total. The van der Waals surface area contributed by atoms with Gasteiger partial charge in [0.1, 0.15) is 5.69 Å². The number of benzene rings is 1. The third-order valence-electron chi connectivity index (χ3n) is 7.00. The summed E-state index contributed by atoms with van der Waals surface area (Å²) in [7, 11) is 1.78. The first kappa shape index (κ1) is 25.1. The molecule has 2 aliphatic rings. The zero-order chi connectivity index (χ0) is 25.7. The number of hydrogen-bond donors (Lipinski definition) is 0. The lowest BCUT2D eigenvalue weighted by Gasteiger charge is -2.21. The molecule has 1 saturated heterocycles. The van der Waals surface area contributed by atoms with Crippen LogP contribution in [0.15, 0.2) is 47.8 Å². The molecule has 2 aromatic heterocycles. The van der Waals surface area contributed by atoms with Gasteiger partial charge in [-0.25, -0.2) is 0 Å². The smallest absolute Gasteiger partial charge is 0.305 e. The number of rotatable bonds is 7. The fraction of sp³-hybridized carbons (Fsp3) is 0.458. The number of piperidine rings is 1. The molecule has 0 radical (unpaired) electrons. The van der Waals surface area contributed by atoms with Crippen molar-refractivity contribution in [2.45, 2.75) is 35.8 Å². The summed E-state index contributed by atoms with van der Waals surface area (Å²) in [6, 6.07) is 7.48. The molecule has 5 rings (SSSR count).